The number of carbonyl (C=O) groups is 1. The fourth-order valence-electron chi connectivity index (χ4n) is 2.20. The molecule has 0 aliphatic carbocycles. The first kappa shape index (κ1) is 17.4. The largest absolute Gasteiger partial charge is 0.345 e. The third kappa shape index (κ3) is 3.85. The maximum atomic E-state index is 14.0. The molecule has 24 heavy (non-hydrogen) atoms. The smallest absolute Gasteiger partial charge is 0.262 e. The normalized spacial score (nSPS) is 12.4. The first-order chi connectivity index (χ1) is 11.4. The van der Waals surface area contributed by atoms with Gasteiger partial charge in [-0.2, -0.15) is 5.26 Å². The summed E-state index contributed by atoms with van der Waals surface area (Å²) in [7, 11) is 0. The van der Waals surface area contributed by atoms with Gasteiger partial charge in [-0.05, 0) is 37.1 Å². The molecule has 3 nitrogen and oxygen atoms in total. The Morgan fingerprint density at radius 3 is 2.50 bits per heavy atom. The van der Waals surface area contributed by atoms with Crippen LogP contribution in [0.1, 0.15) is 29.7 Å². The van der Waals surface area contributed by atoms with Crippen molar-refractivity contribution in [2.75, 3.05) is 0 Å². The second-order valence-corrected chi connectivity index (χ2v) is 5.37. The highest BCUT2D eigenvalue weighted by molar-refractivity contribution is 6.01. The molecule has 1 N–H and O–H groups in total. The summed E-state index contributed by atoms with van der Waals surface area (Å²) in [5.41, 5.74) is 0.337. The van der Waals surface area contributed by atoms with Crippen molar-refractivity contribution in [1.29, 1.82) is 5.26 Å². The molecule has 122 valence electrons. The molecule has 2 rings (SSSR count). The van der Waals surface area contributed by atoms with Crippen LogP contribution >= 0.6 is 0 Å². The van der Waals surface area contributed by atoms with E-state index in [2.05, 4.69) is 5.32 Å². The first-order valence-corrected chi connectivity index (χ1v) is 7.36. The number of aryl methyl sites for hydroxylation is 1. The first-order valence-electron chi connectivity index (χ1n) is 7.36. The summed E-state index contributed by atoms with van der Waals surface area (Å²) < 4.78 is 27.8. The molecular formula is C19H16F2N2O. The highest BCUT2D eigenvalue weighted by atomic mass is 19.1. The molecule has 0 heterocycles. The van der Waals surface area contributed by atoms with Gasteiger partial charge in [0.25, 0.3) is 5.91 Å². The van der Waals surface area contributed by atoms with Crippen molar-refractivity contribution in [3.63, 3.8) is 0 Å². The molecule has 0 unspecified atom stereocenters. The van der Waals surface area contributed by atoms with Crippen LogP contribution in [0.3, 0.4) is 0 Å². The maximum Gasteiger partial charge on any atom is 0.262 e. The molecule has 0 saturated heterocycles. The number of nitriles is 1. The molecule has 2 aromatic carbocycles. The van der Waals surface area contributed by atoms with Crippen molar-refractivity contribution in [2.45, 2.75) is 19.9 Å². The van der Waals surface area contributed by atoms with Crippen molar-refractivity contribution < 1.29 is 13.6 Å². The molecule has 1 amide bonds. The lowest BCUT2D eigenvalue weighted by Crippen LogP contribution is -2.27. The SMILES string of the molecule is Cc1ccc(F)c(/C=C(\C#N)C(=O)N[C@@H](C)c2ccccc2)c1F. The van der Waals surface area contributed by atoms with Gasteiger partial charge >= 0.3 is 0 Å². The average molecular weight is 326 g/mol. The molecule has 5 heteroatoms. The molecular weight excluding hydrogens is 310 g/mol. The third-order valence-electron chi connectivity index (χ3n) is 3.62. The maximum absolute atomic E-state index is 14.0. The van der Waals surface area contributed by atoms with Gasteiger partial charge in [-0.15, -0.1) is 0 Å². The predicted molar refractivity (Wildman–Crippen MR) is 87.7 cm³/mol. The molecule has 0 spiro atoms. The van der Waals surface area contributed by atoms with E-state index in [1.54, 1.807) is 13.0 Å². The van der Waals surface area contributed by atoms with E-state index in [1.165, 1.54) is 13.0 Å². The van der Waals surface area contributed by atoms with E-state index in [0.717, 1.165) is 17.7 Å². The number of amides is 1. The zero-order valence-electron chi connectivity index (χ0n) is 13.3. The Hall–Kier alpha value is -3.00. The molecule has 2 aromatic rings. The molecule has 0 fully saturated rings. The lowest BCUT2D eigenvalue weighted by Gasteiger charge is -2.14. The second-order valence-electron chi connectivity index (χ2n) is 5.37. The van der Waals surface area contributed by atoms with Crippen molar-refractivity contribution >= 4 is 12.0 Å². The zero-order chi connectivity index (χ0) is 17.7. The van der Waals surface area contributed by atoms with Crippen molar-refractivity contribution in [2.24, 2.45) is 0 Å². The van der Waals surface area contributed by atoms with E-state index in [0.29, 0.717) is 0 Å². The van der Waals surface area contributed by atoms with Gasteiger partial charge in [0, 0.05) is 5.56 Å². The molecule has 0 bridgehead atoms. The Kier molecular flexibility index (Phi) is 5.43. The zero-order valence-corrected chi connectivity index (χ0v) is 13.3. The average Bonchev–Trinajstić information content (AvgIpc) is 2.59. The van der Waals surface area contributed by atoms with Crippen LogP contribution < -0.4 is 5.32 Å². The fraction of sp³-hybridized carbons (Fsp3) is 0.158. The number of carbonyl (C=O) groups excluding carboxylic acids is 1. The topological polar surface area (TPSA) is 52.9 Å². The standard InChI is InChI=1S/C19H16F2N2O/c1-12-8-9-17(20)16(18(12)21)10-15(11-22)19(24)23-13(2)14-6-4-3-5-7-14/h3-10,13H,1-2H3,(H,23,24)/b15-10+/t13-/m0/s1. The quantitative estimate of drug-likeness (QED) is 0.680. The van der Waals surface area contributed by atoms with Gasteiger partial charge in [-0.1, -0.05) is 36.4 Å². The number of nitrogens with one attached hydrogen (secondary N) is 1. The van der Waals surface area contributed by atoms with Crippen LogP contribution in [0, 0.1) is 29.9 Å². The van der Waals surface area contributed by atoms with Gasteiger partial charge in [0.1, 0.15) is 23.3 Å². The van der Waals surface area contributed by atoms with E-state index >= 15 is 0 Å². The van der Waals surface area contributed by atoms with Gasteiger partial charge in [0.05, 0.1) is 6.04 Å². The predicted octanol–water partition coefficient (Wildman–Crippen LogP) is 4.06. The minimum Gasteiger partial charge on any atom is -0.345 e. The van der Waals surface area contributed by atoms with E-state index in [-0.39, 0.29) is 17.2 Å². The summed E-state index contributed by atoms with van der Waals surface area (Å²) in [4.78, 5) is 12.2. The van der Waals surface area contributed by atoms with Gasteiger partial charge in [0.15, 0.2) is 0 Å². The molecule has 0 aliphatic rings. The summed E-state index contributed by atoms with van der Waals surface area (Å²) >= 11 is 0. The van der Waals surface area contributed by atoms with E-state index < -0.39 is 23.1 Å². The Morgan fingerprint density at radius 2 is 1.88 bits per heavy atom. The Labute approximate surface area is 139 Å². The van der Waals surface area contributed by atoms with Crippen LogP contribution in [0.2, 0.25) is 0 Å². The van der Waals surface area contributed by atoms with Crippen molar-refractivity contribution in [1.82, 2.24) is 5.32 Å². The monoisotopic (exact) mass is 326 g/mol. The molecule has 0 aromatic heterocycles. The third-order valence-corrected chi connectivity index (χ3v) is 3.62. The number of hydrogen-bond donors (Lipinski definition) is 1. The molecule has 0 aliphatic heterocycles. The number of halogens is 2. The number of nitrogens with zero attached hydrogens (tertiary/aromatic N) is 1. The van der Waals surface area contributed by atoms with E-state index in [1.807, 2.05) is 30.3 Å². The highest BCUT2D eigenvalue weighted by Crippen LogP contribution is 2.20. The van der Waals surface area contributed by atoms with Crippen LogP contribution in [0.15, 0.2) is 48.0 Å². The van der Waals surface area contributed by atoms with Crippen molar-refractivity contribution in [3.8, 4) is 6.07 Å². The summed E-state index contributed by atoms with van der Waals surface area (Å²) in [6.45, 7) is 3.24. The fourth-order valence-corrected chi connectivity index (χ4v) is 2.20. The van der Waals surface area contributed by atoms with Crippen LogP contribution in [-0.4, -0.2) is 5.91 Å². The van der Waals surface area contributed by atoms with Crippen LogP contribution in [0.25, 0.3) is 6.08 Å². The van der Waals surface area contributed by atoms with Crippen LogP contribution in [0.4, 0.5) is 8.78 Å². The van der Waals surface area contributed by atoms with Gasteiger partial charge in [-0.3, -0.25) is 4.79 Å². The minimum atomic E-state index is -0.824. The summed E-state index contributed by atoms with van der Waals surface area (Å²) in [6.07, 6.45) is 0.935. The van der Waals surface area contributed by atoms with E-state index in [4.69, 9.17) is 5.26 Å². The number of benzene rings is 2. The van der Waals surface area contributed by atoms with Gasteiger partial charge in [-0.25, -0.2) is 8.78 Å². The second kappa shape index (κ2) is 7.51. The van der Waals surface area contributed by atoms with Crippen LogP contribution in [0.5, 0.6) is 0 Å². The lowest BCUT2D eigenvalue weighted by molar-refractivity contribution is -0.117. The summed E-state index contributed by atoms with van der Waals surface area (Å²) in [5.74, 6) is -2.30. The Balaban J connectivity index is 2.27. The summed E-state index contributed by atoms with van der Waals surface area (Å²) in [5, 5.41) is 11.8. The minimum absolute atomic E-state index is 0.234. The highest BCUT2D eigenvalue weighted by Gasteiger charge is 2.16. The lowest BCUT2D eigenvalue weighted by atomic mass is 10.1. The Bertz CT molecular complexity index is 823. The Morgan fingerprint density at radius 1 is 1.21 bits per heavy atom. The summed E-state index contributed by atoms with van der Waals surface area (Å²) in [6, 6.07) is 12.9. The molecule has 0 saturated carbocycles. The number of rotatable bonds is 4. The molecule has 1 atom stereocenters. The molecule has 0 radical (unpaired) electrons. The van der Waals surface area contributed by atoms with Crippen LogP contribution in [-0.2, 0) is 4.79 Å². The van der Waals surface area contributed by atoms with Crippen molar-refractivity contribution in [3.05, 3.63) is 76.4 Å². The van der Waals surface area contributed by atoms with Gasteiger partial charge < -0.3 is 5.32 Å². The van der Waals surface area contributed by atoms with Gasteiger partial charge in [0.2, 0.25) is 0 Å². The number of hydrogen-bond acceptors (Lipinski definition) is 2. The van der Waals surface area contributed by atoms with E-state index in [9.17, 15) is 13.6 Å².